The fourth-order valence-corrected chi connectivity index (χ4v) is 2.48. The number of hydrogen-bond acceptors (Lipinski definition) is 3. The van der Waals surface area contributed by atoms with Crippen molar-refractivity contribution in [3.05, 3.63) is 60.1 Å². The molecule has 0 radical (unpaired) electrons. The molecule has 2 aromatic rings. The zero-order valence-electron chi connectivity index (χ0n) is 11.2. The zero-order valence-corrected chi connectivity index (χ0v) is 11.2. The molecule has 108 valence electrons. The van der Waals surface area contributed by atoms with Crippen LogP contribution in [0.15, 0.2) is 53.1 Å². The van der Waals surface area contributed by atoms with E-state index in [0.717, 1.165) is 5.76 Å². The van der Waals surface area contributed by atoms with Gasteiger partial charge < -0.3 is 14.8 Å². The van der Waals surface area contributed by atoms with Crippen molar-refractivity contribution in [2.24, 2.45) is 5.92 Å². The van der Waals surface area contributed by atoms with E-state index in [1.165, 1.54) is 0 Å². The third kappa shape index (κ3) is 2.81. The molecule has 21 heavy (non-hydrogen) atoms. The van der Waals surface area contributed by atoms with Crippen LogP contribution < -0.4 is 5.32 Å². The van der Waals surface area contributed by atoms with Crippen molar-refractivity contribution in [2.75, 3.05) is 0 Å². The fraction of sp³-hybridized carbons (Fsp3) is 0.250. The molecule has 0 aliphatic heterocycles. The van der Waals surface area contributed by atoms with Gasteiger partial charge in [0.1, 0.15) is 5.76 Å². The summed E-state index contributed by atoms with van der Waals surface area (Å²) < 4.78 is 5.28. The number of furan rings is 1. The summed E-state index contributed by atoms with van der Waals surface area (Å²) in [5, 5.41) is 11.9. The van der Waals surface area contributed by atoms with Crippen molar-refractivity contribution in [1.29, 1.82) is 0 Å². The molecule has 1 heterocycles. The highest BCUT2D eigenvalue weighted by molar-refractivity contribution is 5.88. The van der Waals surface area contributed by atoms with Crippen LogP contribution in [-0.2, 0) is 9.59 Å². The van der Waals surface area contributed by atoms with Crippen molar-refractivity contribution >= 4 is 11.9 Å². The molecule has 1 amide bonds. The first-order chi connectivity index (χ1) is 10.2. The summed E-state index contributed by atoms with van der Waals surface area (Å²) in [6, 6.07) is 11.3. The molecular weight excluding hydrogens is 270 g/mol. The molecule has 3 atom stereocenters. The maximum absolute atomic E-state index is 12.2. The topological polar surface area (TPSA) is 79.5 Å². The molecule has 1 aliphatic rings. The van der Waals surface area contributed by atoms with Crippen molar-refractivity contribution < 1.29 is 19.1 Å². The minimum Gasteiger partial charge on any atom is -0.479 e. The van der Waals surface area contributed by atoms with E-state index < -0.39 is 12.0 Å². The maximum Gasteiger partial charge on any atom is 0.330 e. The monoisotopic (exact) mass is 285 g/mol. The second-order valence-electron chi connectivity index (χ2n) is 5.15. The van der Waals surface area contributed by atoms with Crippen LogP contribution in [0.1, 0.15) is 29.7 Å². The predicted octanol–water partition coefficient (Wildman–Crippen LogP) is 2.33. The van der Waals surface area contributed by atoms with Crippen LogP contribution in [0.5, 0.6) is 0 Å². The molecule has 0 bridgehead atoms. The van der Waals surface area contributed by atoms with Crippen LogP contribution in [0.3, 0.4) is 0 Å². The Kier molecular flexibility index (Phi) is 3.48. The third-order valence-corrected chi connectivity index (χ3v) is 3.70. The molecule has 0 saturated heterocycles. The number of carbonyl (C=O) groups excluding carboxylic acids is 1. The molecule has 1 saturated carbocycles. The number of carboxylic acids is 1. The van der Waals surface area contributed by atoms with Crippen molar-refractivity contribution in [3.8, 4) is 0 Å². The minimum atomic E-state index is -1.07. The number of benzene rings is 1. The Morgan fingerprint density at radius 2 is 1.95 bits per heavy atom. The van der Waals surface area contributed by atoms with Gasteiger partial charge in [-0.1, -0.05) is 30.3 Å². The van der Waals surface area contributed by atoms with Gasteiger partial charge in [0.2, 0.25) is 5.91 Å². The minimum absolute atomic E-state index is 0.0604. The summed E-state index contributed by atoms with van der Waals surface area (Å²) in [6.45, 7) is 0. The van der Waals surface area contributed by atoms with Gasteiger partial charge in [-0.15, -0.1) is 0 Å². The van der Waals surface area contributed by atoms with Gasteiger partial charge in [-0.25, -0.2) is 4.79 Å². The highest BCUT2D eigenvalue weighted by Crippen LogP contribution is 2.47. The van der Waals surface area contributed by atoms with Crippen molar-refractivity contribution in [1.82, 2.24) is 5.32 Å². The van der Waals surface area contributed by atoms with Gasteiger partial charge in [0.15, 0.2) is 6.04 Å². The molecule has 1 fully saturated rings. The summed E-state index contributed by atoms with van der Waals surface area (Å²) in [7, 11) is 0. The van der Waals surface area contributed by atoms with Crippen LogP contribution in [0, 0.1) is 5.92 Å². The van der Waals surface area contributed by atoms with E-state index in [0.29, 0.717) is 12.0 Å². The van der Waals surface area contributed by atoms with Crippen LogP contribution in [0.4, 0.5) is 0 Å². The lowest BCUT2D eigenvalue weighted by molar-refractivity contribution is -0.142. The standard InChI is InChI=1S/C16H15NO4/c18-15(12-9-11(12)13-7-4-8-21-13)17-14(16(19)20)10-5-2-1-3-6-10/h1-8,11-12,14H,9H2,(H,17,18)(H,19,20)/t11-,12+,14-/m1/s1. The van der Waals surface area contributed by atoms with Crippen LogP contribution in [0.2, 0.25) is 0 Å². The van der Waals surface area contributed by atoms with E-state index in [1.54, 1.807) is 42.7 Å². The Hall–Kier alpha value is -2.56. The second-order valence-corrected chi connectivity index (χ2v) is 5.15. The summed E-state index contributed by atoms with van der Waals surface area (Å²) in [5.41, 5.74) is 0.563. The summed E-state index contributed by atoms with van der Waals surface area (Å²) in [5.74, 6) is -0.675. The number of carbonyl (C=O) groups is 2. The van der Waals surface area contributed by atoms with E-state index >= 15 is 0 Å². The molecule has 1 aromatic heterocycles. The predicted molar refractivity (Wildman–Crippen MR) is 74.5 cm³/mol. The lowest BCUT2D eigenvalue weighted by atomic mass is 10.1. The van der Waals surface area contributed by atoms with Crippen LogP contribution in [0.25, 0.3) is 0 Å². The van der Waals surface area contributed by atoms with E-state index in [1.807, 2.05) is 6.07 Å². The lowest BCUT2D eigenvalue weighted by Gasteiger charge is -2.14. The van der Waals surface area contributed by atoms with Gasteiger partial charge in [0.25, 0.3) is 0 Å². The largest absolute Gasteiger partial charge is 0.479 e. The average Bonchev–Trinajstić information content (AvgIpc) is 3.11. The number of rotatable bonds is 5. The number of hydrogen-bond donors (Lipinski definition) is 2. The molecular formula is C16H15NO4. The van der Waals surface area contributed by atoms with Gasteiger partial charge in [-0.05, 0) is 24.1 Å². The zero-order chi connectivity index (χ0) is 14.8. The molecule has 1 aromatic carbocycles. The number of carboxylic acid groups (broad SMARTS) is 1. The smallest absolute Gasteiger partial charge is 0.330 e. The molecule has 1 aliphatic carbocycles. The van der Waals surface area contributed by atoms with E-state index in [2.05, 4.69) is 5.32 Å². The van der Waals surface area contributed by atoms with E-state index in [9.17, 15) is 14.7 Å². The van der Waals surface area contributed by atoms with E-state index in [-0.39, 0.29) is 17.7 Å². The SMILES string of the molecule is O=C(N[C@@H](C(=O)O)c1ccccc1)[C@H]1C[C@H]1c1ccco1. The molecule has 0 unspecified atom stereocenters. The Labute approximate surface area is 121 Å². The highest BCUT2D eigenvalue weighted by atomic mass is 16.4. The Morgan fingerprint density at radius 3 is 2.57 bits per heavy atom. The Bertz CT molecular complexity index is 636. The van der Waals surface area contributed by atoms with Gasteiger partial charge >= 0.3 is 5.97 Å². The molecule has 5 nitrogen and oxygen atoms in total. The highest BCUT2D eigenvalue weighted by Gasteiger charge is 2.46. The van der Waals surface area contributed by atoms with Gasteiger partial charge in [-0.3, -0.25) is 4.79 Å². The van der Waals surface area contributed by atoms with Gasteiger partial charge in [-0.2, -0.15) is 0 Å². The first-order valence-corrected chi connectivity index (χ1v) is 6.78. The van der Waals surface area contributed by atoms with Gasteiger partial charge in [0, 0.05) is 11.8 Å². The van der Waals surface area contributed by atoms with E-state index in [4.69, 9.17) is 4.42 Å². The van der Waals surface area contributed by atoms with Crippen molar-refractivity contribution in [2.45, 2.75) is 18.4 Å². The molecule has 5 heteroatoms. The third-order valence-electron chi connectivity index (χ3n) is 3.70. The Morgan fingerprint density at radius 1 is 1.19 bits per heavy atom. The quantitative estimate of drug-likeness (QED) is 0.883. The second kappa shape index (κ2) is 5.44. The summed E-state index contributed by atoms with van der Waals surface area (Å²) in [6.07, 6.45) is 2.27. The normalized spacial score (nSPS) is 21.5. The van der Waals surface area contributed by atoms with Crippen LogP contribution in [-0.4, -0.2) is 17.0 Å². The average molecular weight is 285 g/mol. The first-order valence-electron chi connectivity index (χ1n) is 6.78. The first kappa shape index (κ1) is 13.4. The number of nitrogens with one attached hydrogen (secondary N) is 1. The lowest BCUT2D eigenvalue weighted by Crippen LogP contribution is -2.34. The molecule has 3 rings (SSSR count). The number of amides is 1. The maximum atomic E-state index is 12.2. The van der Waals surface area contributed by atoms with Crippen molar-refractivity contribution in [3.63, 3.8) is 0 Å². The molecule has 2 N–H and O–H groups in total. The summed E-state index contributed by atoms with van der Waals surface area (Å²) in [4.78, 5) is 23.5. The summed E-state index contributed by atoms with van der Waals surface area (Å²) >= 11 is 0. The fourth-order valence-electron chi connectivity index (χ4n) is 2.48. The van der Waals surface area contributed by atoms with Gasteiger partial charge in [0.05, 0.1) is 6.26 Å². The Balaban J connectivity index is 1.67. The number of aliphatic carboxylic acids is 1. The molecule has 0 spiro atoms. The van der Waals surface area contributed by atoms with Crippen LogP contribution >= 0.6 is 0 Å².